The van der Waals surface area contributed by atoms with E-state index in [9.17, 15) is 9.59 Å². The minimum absolute atomic E-state index is 0.0841. The van der Waals surface area contributed by atoms with E-state index in [2.05, 4.69) is 4.74 Å². The Kier molecular flexibility index (Phi) is 4.95. The van der Waals surface area contributed by atoms with E-state index in [4.69, 9.17) is 16.3 Å². The standard InChI is InChI=1S/C16H13ClO4/c1-20-16(19)12-4-8-14(9-5-12)21-10-15(18)11-2-6-13(17)7-3-11/h2-9H,10H2,1H3. The summed E-state index contributed by atoms with van der Waals surface area (Å²) in [5.41, 5.74) is 0.958. The first-order chi connectivity index (χ1) is 10.1. The van der Waals surface area contributed by atoms with Gasteiger partial charge in [-0.15, -0.1) is 0 Å². The van der Waals surface area contributed by atoms with E-state index in [-0.39, 0.29) is 12.4 Å². The molecule has 5 heteroatoms. The summed E-state index contributed by atoms with van der Waals surface area (Å²) in [5.74, 6) is -0.0625. The molecule has 0 atom stereocenters. The zero-order chi connectivity index (χ0) is 15.2. The average molecular weight is 305 g/mol. The van der Waals surface area contributed by atoms with Crippen LogP contribution in [0.25, 0.3) is 0 Å². The summed E-state index contributed by atoms with van der Waals surface area (Å²) in [6, 6.07) is 13.0. The number of ether oxygens (including phenoxy) is 2. The minimum atomic E-state index is -0.418. The summed E-state index contributed by atoms with van der Waals surface area (Å²) in [5, 5.41) is 0.575. The van der Waals surface area contributed by atoms with Crippen molar-refractivity contribution in [2.24, 2.45) is 0 Å². The maximum Gasteiger partial charge on any atom is 0.337 e. The van der Waals surface area contributed by atoms with Crippen LogP contribution in [0.3, 0.4) is 0 Å². The van der Waals surface area contributed by atoms with Gasteiger partial charge < -0.3 is 9.47 Å². The Morgan fingerprint density at radius 3 is 2.10 bits per heavy atom. The zero-order valence-electron chi connectivity index (χ0n) is 11.3. The van der Waals surface area contributed by atoms with Gasteiger partial charge in [0.1, 0.15) is 5.75 Å². The fraction of sp³-hybridized carbons (Fsp3) is 0.125. The second kappa shape index (κ2) is 6.90. The molecule has 21 heavy (non-hydrogen) atoms. The van der Waals surface area contributed by atoms with E-state index < -0.39 is 5.97 Å². The van der Waals surface area contributed by atoms with Gasteiger partial charge >= 0.3 is 5.97 Å². The molecular weight excluding hydrogens is 292 g/mol. The normalized spacial score (nSPS) is 10.0. The van der Waals surface area contributed by atoms with Gasteiger partial charge in [0.15, 0.2) is 12.4 Å². The molecule has 4 nitrogen and oxygen atoms in total. The number of rotatable bonds is 5. The van der Waals surface area contributed by atoms with Crippen molar-refractivity contribution >= 4 is 23.4 Å². The monoisotopic (exact) mass is 304 g/mol. The molecule has 0 saturated carbocycles. The highest BCUT2D eigenvalue weighted by Crippen LogP contribution is 2.14. The van der Waals surface area contributed by atoms with Crippen molar-refractivity contribution in [2.75, 3.05) is 13.7 Å². The van der Waals surface area contributed by atoms with Gasteiger partial charge in [0.25, 0.3) is 0 Å². The van der Waals surface area contributed by atoms with Crippen molar-refractivity contribution < 1.29 is 19.1 Å². The Balaban J connectivity index is 1.95. The van der Waals surface area contributed by atoms with Crippen LogP contribution in [0.15, 0.2) is 48.5 Å². The van der Waals surface area contributed by atoms with E-state index in [1.165, 1.54) is 7.11 Å². The maximum atomic E-state index is 11.9. The number of ketones is 1. The number of esters is 1. The summed E-state index contributed by atoms with van der Waals surface area (Å²) in [4.78, 5) is 23.2. The third-order valence-corrected chi connectivity index (χ3v) is 3.06. The molecule has 2 aromatic carbocycles. The van der Waals surface area contributed by atoms with Crippen molar-refractivity contribution in [3.8, 4) is 5.75 Å². The molecule has 0 aromatic heterocycles. The molecule has 0 heterocycles. The molecule has 2 rings (SSSR count). The molecule has 108 valence electrons. The van der Waals surface area contributed by atoms with Crippen LogP contribution < -0.4 is 4.74 Å². The lowest BCUT2D eigenvalue weighted by molar-refractivity contribution is 0.0600. The Morgan fingerprint density at radius 1 is 0.952 bits per heavy atom. The quantitative estimate of drug-likeness (QED) is 0.627. The van der Waals surface area contributed by atoms with Gasteiger partial charge in [0.2, 0.25) is 0 Å². The highest BCUT2D eigenvalue weighted by Gasteiger charge is 2.08. The lowest BCUT2D eigenvalue weighted by atomic mass is 10.1. The molecular formula is C16H13ClO4. The third-order valence-electron chi connectivity index (χ3n) is 2.81. The highest BCUT2D eigenvalue weighted by atomic mass is 35.5. The molecule has 0 aliphatic heterocycles. The topological polar surface area (TPSA) is 52.6 Å². The molecule has 0 fully saturated rings. The summed E-state index contributed by atoms with van der Waals surface area (Å²) >= 11 is 5.76. The van der Waals surface area contributed by atoms with E-state index in [0.717, 1.165) is 0 Å². The van der Waals surface area contributed by atoms with Crippen molar-refractivity contribution in [1.29, 1.82) is 0 Å². The number of hydrogen-bond donors (Lipinski definition) is 0. The largest absolute Gasteiger partial charge is 0.485 e. The number of carbonyl (C=O) groups excluding carboxylic acids is 2. The van der Waals surface area contributed by atoms with Gasteiger partial charge in [-0.2, -0.15) is 0 Å². The van der Waals surface area contributed by atoms with Crippen LogP contribution in [0.4, 0.5) is 0 Å². The van der Waals surface area contributed by atoms with Crippen molar-refractivity contribution in [2.45, 2.75) is 0 Å². The Hall–Kier alpha value is -2.33. The SMILES string of the molecule is COC(=O)c1ccc(OCC(=O)c2ccc(Cl)cc2)cc1. The first-order valence-electron chi connectivity index (χ1n) is 6.20. The van der Waals surface area contributed by atoms with Gasteiger partial charge in [0, 0.05) is 10.6 Å². The molecule has 0 N–H and O–H groups in total. The van der Waals surface area contributed by atoms with Crippen LogP contribution >= 0.6 is 11.6 Å². The predicted molar refractivity (Wildman–Crippen MR) is 79.1 cm³/mol. The second-order valence-corrected chi connectivity index (χ2v) is 4.67. The fourth-order valence-electron chi connectivity index (χ4n) is 1.67. The van der Waals surface area contributed by atoms with Crippen LogP contribution in [-0.2, 0) is 4.74 Å². The number of benzene rings is 2. The summed E-state index contributed by atoms with van der Waals surface area (Å²) < 4.78 is 9.98. The number of Topliss-reactive ketones (excluding diaryl/α,β-unsaturated/α-hetero) is 1. The van der Waals surface area contributed by atoms with Crippen LogP contribution in [0.5, 0.6) is 5.75 Å². The van der Waals surface area contributed by atoms with Crippen molar-refractivity contribution in [3.05, 3.63) is 64.7 Å². The van der Waals surface area contributed by atoms with Crippen LogP contribution in [-0.4, -0.2) is 25.5 Å². The molecule has 0 amide bonds. The number of hydrogen-bond acceptors (Lipinski definition) is 4. The Labute approximate surface area is 127 Å². The fourth-order valence-corrected chi connectivity index (χ4v) is 1.80. The van der Waals surface area contributed by atoms with Crippen molar-refractivity contribution in [3.63, 3.8) is 0 Å². The third kappa shape index (κ3) is 4.07. The van der Waals surface area contributed by atoms with Gasteiger partial charge in [-0.05, 0) is 48.5 Å². The molecule has 2 aromatic rings. The predicted octanol–water partition coefficient (Wildman–Crippen LogP) is 3.39. The van der Waals surface area contributed by atoms with Crippen LogP contribution in [0, 0.1) is 0 Å². The van der Waals surface area contributed by atoms with E-state index in [1.54, 1.807) is 48.5 Å². The molecule has 0 aliphatic carbocycles. The van der Waals surface area contributed by atoms with Crippen LogP contribution in [0.1, 0.15) is 20.7 Å². The first kappa shape index (κ1) is 15.1. The highest BCUT2D eigenvalue weighted by molar-refractivity contribution is 6.30. The molecule has 0 unspecified atom stereocenters. The summed E-state index contributed by atoms with van der Waals surface area (Å²) in [7, 11) is 1.32. The smallest absolute Gasteiger partial charge is 0.337 e. The van der Waals surface area contributed by atoms with Crippen molar-refractivity contribution in [1.82, 2.24) is 0 Å². The van der Waals surface area contributed by atoms with E-state index in [0.29, 0.717) is 21.9 Å². The number of carbonyl (C=O) groups is 2. The average Bonchev–Trinajstić information content (AvgIpc) is 2.53. The Bertz CT molecular complexity index is 632. The van der Waals surface area contributed by atoms with Gasteiger partial charge in [-0.1, -0.05) is 11.6 Å². The van der Waals surface area contributed by atoms with E-state index >= 15 is 0 Å². The van der Waals surface area contributed by atoms with Crippen LogP contribution in [0.2, 0.25) is 5.02 Å². The summed E-state index contributed by atoms with van der Waals surface area (Å²) in [6.45, 7) is -0.0841. The lowest BCUT2D eigenvalue weighted by Gasteiger charge is -2.06. The molecule has 0 radical (unpaired) electrons. The molecule has 0 saturated heterocycles. The second-order valence-electron chi connectivity index (χ2n) is 4.23. The number of halogens is 1. The lowest BCUT2D eigenvalue weighted by Crippen LogP contribution is -2.11. The van der Waals surface area contributed by atoms with Gasteiger partial charge in [-0.3, -0.25) is 4.79 Å². The number of methoxy groups -OCH3 is 1. The first-order valence-corrected chi connectivity index (χ1v) is 6.58. The minimum Gasteiger partial charge on any atom is -0.485 e. The molecule has 0 aliphatic rings. The summed E-state index contributed by atoms with van der Waals surface area (Å²) in [6.07, 6.45) is 0. The van der Waals surface area contributed by atoms with E-state index in [1.807, 2.05) is 0 Å². The zero-order valence-corrected chi connectivity index (χ0v) is 12.1. The molecule has 0 spiro atoms. The maximum absolute atomic E-state index is 11.9. The van der Waals surface area contributed by atoms with Gasteiger partial charge in [0.05, 0.1) is 12.7 Å². The Morgan fingerprint density at radius 2 is 1.52 bits per heavy atom. The molecule has 0 bridgehead atoms. The van der Waals surface area contributed by atoms with Gasteiger partial charge in [-0.25, -0.2) is 4.79 Å².